The van der Waals surface area contributed by atoms with Crippen molar-refractivity contribution in [1.82, 2.24) is 0 Å². The molecule has 0 amide bonds. The third-order valence-electron chi connectivity index (χ3n) is 3.06. The van der Waals surface area contributed by atoms with E-state index >= 15 is 0 Å². The summed E-state index contributed by atoms with van der Waals surface area (Å²) in [6, 6.07) is 8.93. The highest BCUT2D eigenvalue weighted by molar-refractivity contribution is 5.51. The molecule has 96 valence electrons. The molecule has 1 aromatic rings. The molecule has 1 N–H and O–H groups in total. The van der Waals surface area contributed by atoms with E-state index in [-0.39, 0.29) is 0 Å². The SMILES string of the molecule is CCOCc1ccccc1NC(CC)C(C)C. The Kier molecular flexibility index (Phi) is 6.06. The van der Waals surface area contributed by atoms with Gasteiger partial charge in [0.2, 0.25) is 0 Å². The first-order chi connectivity index (χ1) is 8.19. The maximum absolute atomic E-state index is 5.50. The van der Waals surface area contributed by atoms with Crippen LogP contribution in [-0.2, 0) is 11.3 Å². The summed E-state index contributed by atoms with van der Waals surface area (Å²) < 4.78 is 5.50. The molecule has 1 aromatic carbocycles. The Hall–Kier alpha value is -1.02. The first-order valence-corrected chi connectivity index (χ1v) is 6.61. The van der Waals surface area contributed by atoms with Gasteiger partial charge < -0.3 is 10.1 Å². The molecule has 1 rings (SSSR count). The lowest BCUT2D eigenvalue weighted by atomic mass is 10.0. The monoisotopic (exact) mass is 235 g/mol. The van der Waals surface area contributed by atoms with Gasteiger partial charge in [0.25, 0.3) is 0 Å². The highest BCUT2D eigenvalue weighted by Gasteiger charge is 2.12. The molecule has 0 saturated heterocycles. The van der Waals surface area contributed by atoms with Crippen LogP contribution in [-0.4, -0.2) is 12.6 Å². The summed E-state index contributed by atoms with van der Waals surface area (Å²) in [6.07, 6.45) is 1.14. The number of anilines is 1. The molecule has 0 radical (unpaired) electrons. The van der Waals surface area contributed by atoms with E-state index in [0.29, 0.717) is 18.6 Å². The number of rotatable bonds is 7. The Morgan fingerprint density at radius 3 is 2.47 bits per heavy atom. The van der Waals surface area contributed by atoms with Gasteiger partial charge in [0.15, 0.2) is 0 Å². The van der Waals surface area contributed by atoms with Gasteiger partial charge in [-0.2, -0.15) is 0 Å². The van der Waals surface area contributed by atoms with Crippen molar-refractivity contribution in [3.63, 3.8) is 0 Å². The van der Waals surface area contributed by atoms with Crippen LogP contribution in [0.3, 0.4) is 0 Å². The zero-order chi connectivity index (χ0) is 12.7. The van der Waals surface area contributed by atoms with Gasteiger partial charge in [-0.3, -0.25) is 0 Å². The summed E-state index contributed by atoms with van der Waals surface area (Å²) in [6.45, 7) is 10.2. The van der Waals surface area contributed by atoms with E-state index in [1.54, 1.807) is 0 Å². The first-order valence-electron chi connectivity index (χ1n) is 6.61. The predicted octanol–water partition coefficient (Wildman–Crippen LogP) is 4.07. The van der Waals surface area contributed by atoms with Crippen LogP contribution in [0.5, 0.6) is 0 Å². The van der Waals surface area contributed by atoms with Crippen LogP contribution in [0.4, 0.5) is 5.69 Å². The van der Waals surface area contributed by atoms with Gasteiger partial charge in [-0.25, -0.2) is 0 Å². The second-order valence-electron chi connectivity index (χ2n) is 4.70. The van der Waals surface area contributed by atoms with Crippen molar-refractivity contribution in [2.24, 2.45) is 5.92 Å². The number of para-hydroxylation sites is 1. The highest BCUT2D eigenvalue weighted by Crippen LogP contribution is 2.20. The second-order valence-corrected chi connectivity index (χ2v) is 4.70. The largest absolute Gasteiger partial charge is 0.382 e. The minimum atomic E-state index is 0.526. The average Bonchev–Trinajstić information content (AvgIpc) is 2.34. The second kappa shape index (κ2) is 7.33. The molecule has 0 saturated carbocycles. The number of ether oxygens (including phenoxy) is 1. The van der Waals surface area contributed by atoms with Gasteiger partial charge in [-0.05, 0) is 25.3 Å². The average molecular weight is 235 g/mol. The van der Waals surface area contributed by atoms with Gasteiger partial charge in [0.05, 0.1) is 6.61 Å². The van der Waals surface area contributed by atoms with Crippen LogP contribution in [0.15, 0.2) is 24.3 Å². The molecule has 1 atom stereocenters. The summed E-state index contributed by atoms with van der Waals surface area (Å²) in [4.78, 5) is 0. The Balaban J connectivity index is 2.74. The maximum Gasteiger partial charge on any atom is 0.0736 e. The van der Waals surface area contributed by atoms with Crippen molar-refractivity contribution in [1.29, 1.82) is 0 Å². The van der Waals surface area contributed by atoms with E-state index in [2.05, 4.69) is 50.4 Å². The van der Waals surface area contributed by atoms with Crippen molar-refractivity contribution < 1.29 is 4.74 Å². The minimum absolute atomic E-state index is 0.526. The summed E-state index contributed by atoms with van der Waals surface area (Å²) in [5.74, 6) is 0.639. The molecular formula is C15H25NO. The van der Waals surface area contributed by atoms with Crippen molar-refractivity contribution in [3.05, 3.63) is 29.8 Å². The quantitative estimate of drug-likeness (QED) is 0.769. The van der Waals surface area contributed by atoms with Gasteiger partial charge in [0, 0.05) is 23.9 Å². The number of hydrogen-bond donors (Lipinski definition) is 1. The van der Waals surface area contributed by atoms with E-state index in [1.807, 2.05) is 6.92 Å². The van der Waals surface area contributed by atoms with Crippen molar-refractivity contribution in [2.45, 2.75) is 46.8 Å². The van der Waals surface area contributed by atoms with Crippen LogP contribution < -0.4 is 5.32 Å². The molecule has 0 fully saturated rings. The Bertz CT molecular complexity index is 322. The Morgan fingerprint density at radius 2 is 1.88 bits per heavy atom. The van der Waals surface area contributed by atoms with Crippen LogP contribution in [0.25, 0.3) is 0 Å². The lowest BCUT2D eigenvalue weighted by Gasteiger charge is -2.23. The van der Waals surface area contributed by atoms with Crippen LogP contribution in [0.2, 0.25) is 0 Å². The third kappa shape index (κ3) is 4.39. The van der Waals surface area contributed by atoms with Gasteiger partial charge in [-0.15, -0.1) is 0 Å². The molecule has 0 spiro atoms. The number of hydrogen-bond acceptors (Lipinski definition) is 2. The Morgan fingerprint density at radius 1 is 1.18 bits per heavy atom. The zero-order valence-electron chi connectivity index (χ0n) is 11.5. The number of nitrogens with one attached hydrogen (secondary N) is 1. The molecule has 0 aliphatic rings. The third-order valence-corrected chi connectivity index (χ3v) is 3.06. The molecule has 0 aliphatic heterocycles. The lowest BCUT2D eigenvalue weighted by molar-refractivity contribution is 0.134. The molecule has 0 aliphatic carbocycles. The smallest absolute Gasteiger partial charge is 0.0736 e. The minimum Gasteiger partial charge on any atom is -0.382 e. The van der Waals surface area contributed by atoms with Crippen LogP contribution in [0.1, 0.15) is 39.7 Å². The maximum atomic E-state index is 5.50. The molecule has 0 bridgehead atoms. The van der Waals surface area contributed by atoms with E-state index < -0.39 is 0 Å². The summed E-state index contributed by atoms with van der Waals surface area (Å²) in [7, 11) is 0. The molecule has 17 heavy (non-hydrogen) atoms. The summed E-state index contributed by atoms with van der Waals surface area (Å²) >= 11 is 0. The first kappa shape index (κ1) is 14.0. The lowest BCUT2D eigenvalue weighted by Crippen LogP contribution is -2.25. The fourth-order valence-electron chi connectivity index (χ4n) is 1.94. The van der Waals surface area contributed by atoms with E-state index in [4.69, 9.17) is 4.74 Å². The van der Waals surface area contributed by atoms with E-state index in [9.17, 15) is 0 Å². The zero-order valence-corrected chi connectivity index (χ0v) is 11.5. The van der Waals surface area contributed by atoms with Crippen LogP contribution in [0, 0.1) is 5.92 Å². The standard InChI is InChI=1S/C15H25NO/c1-5-14(12(3)4)16-15-10-8-7-9-13(15)11-17-6-2/h7-10,12,14,16H,5-6,11H2,1-4H3. The van der Waals surface area contributed by atoms with E-state index in [1.165, 1.54) is 11.3 Å². The fraction of sp³-hybridized carbons (Fsp3) is 0.600. The molecule has 2 nitrogen and oxygen atoms in total. The topological polar surface area (TPSA) is 21.3 Å². The Labute approximate surface area is 105 Å². The summed E-state index contributed by atoms with van der Waals surface area (Å²) in [5, 5.41) is 3.63. The van der Waals surface area contributed by atoms with Crippen molar-refractivity contribution >= 4 is 5.69 Å². The normalized spacial score (nSPS) is 12.8. The van der Waals surface area contributed by atoms with E-state index in [0.717, 1.165) is 13.0 Å². The number of benzene rings is 1. The van der Waals surface area contributed by atoms with Crippen molar-refractivity contribution in [3.8, 4) is 0 Å². The van der Waals surface area contributed by atoms with Gasteiger partial charge in [-0.1, -0.05) is 39.0 Å². The predicted molar refractivity (Wildman–Crippen MR) is 74.3 cm³/mol. The molecular weight excluding hydrogens is 210 g/mol. The van der Waals surface area contributed by atoms with Crippen LogP contribution >= 0.6 is 0 Å². The van der Waals surface area contributed by atoms with Crippen molar-refractivity contribution in [2.75, 3.05) is 11.9 Å². The fourth-order valence-corrected chi connectivity index (χ4v) is 1.94. The summed E-state index contributed by atoms with van der Waals surface area (Å²) in [5.41, 5.74) is 2.45. The van der Waals surface area contributed by atoms with Gasteiger partial charge in [0.1, 0.15) is 0 Å². The highest BCUT2D eigenvalue weighted by atomic mass is 16.5. The molecule has 0 heterocycles. The molecule has 0 aromatic heterocycles. The van der Waals surface area contributed by atoms with Gasteiger partial charge >= 0.3 is 0 Å². The molecule has 2 heteroatoms. The molecule has 1 unspecified atom stereocenters.